The molecule has 0 saturated carbocycles. The van der Waals surface area contributed by atoms with E-state index in [4.69, 9.17) is 5.11 Å². The van der Waals surface area contributed by atoms with Crippen molar-refractivity contribution < 1.29 is 14.7 Å². The second kappa shape index (κ2) is 2.83. The molecule has 2 amide bonds. The largest absolute Gasteiger partial charge is 0.465 e. The highest BCUT2D eigenvalue weighted by molar-refractivity contribution is 6.06. The van der Waals surface area contributed by atoms with E-state index in [-0.39, 0.29) is 6.04 Å². The van der Waals surface area contributed by atoms with Crippen LogP contribution in [0.25, 0.3) is 0 Å². The van der Waals surface area contributed by atoms with Crippen molar-refractivity contribution in [3.63, 3.8) is 0 Å². The predicted molar refractivity (Wildman–Crippen MR) is 49.1 cm³/mol. The number of benzene rings is 1. The van der Waals surface area contributed by atoms with E-state index in [9.17, 15) is 9.59 Å². The summed E-state index contributed by atoms with van der Waals surface area (Å²) in [5.41, 5.74) is 1.27. The molecule has 4 heteroatoms. The number of hydrogen-bond acceptors (Lipinski definition) is 2. The number of imide groups is 1. The Morgan fingerprint density at radius 1 is 1.43 bits per heavy atom. The van der Waals surface area contributed by atoms with E-state index in [1.807, 2.05) is 0 Å². The van der Waals surface area contributed by atoms with Crippen LogP contribution in [0, 0.1) is 0 Å². The highest BCUT2D eigenvalue weighted by atomic mass is 16.4. The minimum absolute atomic E-state index is 0.379. The highest BCUT2D eigenvalue weighted by Gasteiger charge is 2.37. The lowest BCUT2D eigenvalue weighted by Gasteiger charge is -2.15. The number of nitrogens with zero attached hydrogens (tertiary/aromatic N) is 1. The van der Waals surface area contributed by atoms with Gasteiger partial charge in [-0.25, -0.2) is 9.69 Å². The van der Waals surface area contributed by atoms with Crippen molar-refractivity contribution in [2.45, 2.75) is 13.0 Å². The van der Waals surface area contributed by atoms with Crippen LogP contribution in [0.15, 0.2) is 24.3 Å². The van der Waals surface area contributed by atoms with Gasteiger partial charge in [-0.15, -0.1) is 0 Å². The number of amides is 2. The molecular formula is C10H9NO3. The lowest BCUT2D eigenvalue weighted by molar-refractivity contribution is 0.0723. The molecule has 1 heterocycles. The molecule has 0 saturated heterocycles. The maximum atomic E-state index is 11.6. The van der Waals surface area contributed by atoms with Crippen LogP contribution in [0.4, 0.5) is 4.79 Å². The van der Waals surface area contributed by atoms with Crippen LogP contribution in [0.2, 0.25) is 0 Å². The van der Waals surface area contributed by atoms with Crippen molar-refractivity contribution in [1.82, 2.24) is 4.90 Å². The number of carbonyl (C=O) groups is 2. The monoisotopic (exact) mass is 191 g/mol. The van der Waals surface area contributed by atoms with E-state index in [0.717, 1.165) is 10.5 Å². The first-order valence-electron chi connectivity index (χ1n) is 4.28. The molecule has 1 aromatic carbocycles. The molecule has 1 aliphatic rings. The van der Waals surface area contributed by atoms with Crippen LogP contribution >= 0.6 is 0 Å². The Balaban J connectivity index is 2.53. The van der Waals surface area contributed by atoms with Gasteiger partial charge >= 0.3 is 6.09 Å². The van der Waals surface area contributed by atoms with Crippen LogP contribution in [0.5, 0.6) is 0 Å². The Kier molecular flexibility index (Phi) is 1.77. The molecule has 1 aliphatic heterocycles. The zero-order valence-corrected chi connectivity index (χ0v) is 7.60. The van der Waals surface area contributed by atoms with Crippen LogP contribution in [-0.2, 0) is 0 Å². The summed E-state index contributed by atoms with van der Waals surface area (Å²) in [5, 5.41) is 8.83. The molecule has 0 spiro atoms. The van der Waals surface area contributed by atoms with Gasteiger partial charge in [-0.1, -0.05) is 18.2 Å². The molecule has 0 fully saturated rings. The third-order valence-corrected chi connectivity index (χ3v) is 2.45. The zero-order chi connectivity index (χ0) is 10.3. The Morgan fingerprint density at radius 2 is 2.07 bits per heavy atom. The lowest BCUT2D eigenvalue weighted by atomic mass is 10.1. The van der Waals surface area contributed by atoms with Gasteiger partial charge in [-0.05, 0) is 18.6 Å². The quantitative estimate of drug-likeness (QED) is 0.681. The molecule has 14 heavy (non-hydrogen) atoms. The summed E-state index contributed by atoms with van der Waals surface area (Å²) in [7, 11) is 0. The van der Waals surface area contributed by atoms with E-state index in [1.165, 1.54) is 0 Å². The van der Waals surface area contributed by atoms with Gasteiger partial charge in [0.15, 0.2) is 0 Å². The summed E-state index contributed by atoms with van der Waals surface area (Å²) in [5.74, 6) is -0.430. The topological polar surface area (TPSA) is 57.6 Å². The Morgan fingerprint density at radius 3 is 2.64 bits per heavy atom. The van der Waals surface area contributed by atoms with Gasteiger partial charge in [-0.3, -0.25) is 4.79 Å². The van der Waals surface area contributed by atoms with Crippen LogP contribution < -0.4 is 0 Å². The summed E-state index contributed by atoms with van der Waals surface area (Å²) in [4.78, 5) is 23.2. The number of hydrogen-bond donors (Lipinski definition) is 1. The fourth-order valence-electron chi connectivity index (χ4n) is 1.75. The summed E-state index contributed by atoms with van der Waals surface area (Å²) < 4.78 is 0. The van der Waals surface area contributed by atoms with E-state index >= 15 is 0 Å². The standard InChI is InChI=1S/C10H9NO3/c1-6-7-4-2-3-5-8(7)9(12)11(6)10(13)14/h2-6H,1H3,(H,13,14). The second-order valence-corrected chi connectivity index (χ2v) is 3.22. The Labute approximate surface area is 80.8 Å². The van der Waals surface area contributed by atoms with Crippen molar-refractivity contribution in [2.75, 3.05) is 0 Å². The van der Waals surface area contributed by atoms with Crippen molar-refractivity contribution in [3.05, 3.63) is 35.4 Å². The third kappa shape index (κ3) is 1.00. The van der Waals surface area contributed by atoms with Crippen LogP contribution in [-0.4, -0.2) is 22.0 Å². The fourth-order valence-corrected chi connectivity index (χ4v) is 1.75. The predicted octanol–water partition coefficient (Wildman–Crippen LogP) is 1.88. The summed E-state index contributed by atoms with van der Waals surface area (Å²) in [6, 6.07) is 6.58. The Bertz CT molecular complexity index is 414. The van der Waals surface area contributed by atoms with Gasteiger partial charge in [0.25, 0.3) is 5.91 Å². The molecule has 1 unspecified atom stereocenters. The van der Waals surface area contributed by atoms with Crippen LogP contribution in [0.3, 0.4) is 0 Å². The highest BCUT2D eigenvalue weighted by Crippen LogP contribution is 2.32. The molecule has 2 rings (SSSR count). The lowest BCUT2D eigenvalue weighted by Crippen LogP contribution is -2.31. The third-order valence-electron chi connectivity index (χ3n) is 2.45. The summed E-state index contributed by atoms with van der Waals surface area (Å²) in [6.07, 6.45) is -1.20. The van der Waals surface area contributed by atoms with Crippen LogP contribution in [0.1, 0.15) is 28.9 Å². The average Bonchev–Trinajstić information content (AvgIpc) is 2.41. The minimum Gasteiger partial charge on any atom is -0.465 e. The number of rotatable bonds is 0. The maximum absolute atomic E-state index is 11.6. The second-order valence-electron chi connectivity index (χ2n) is 3.22. The summed E-state index contributed by atoms with van der Waals surface area (Å²) in [6.45, 7) is 1.71. The normalized spacial score (nSPS) is 19.6. The molecule has 0 bridgehead atoms. The van der Waals surface area contributed by atoms with Crippen molar-refractivity contribution in [1.29, 1.82) is 0 Å². The molecule has 72 valence electrons. The Hall–Kier alpha value is -1.84. The molecule has 4 nitrogen and oxygen atoms in total. The van der Waals surface area contributed by atoms with Crippen molar-refractivity contribution in [2.24, 2.45) is 0 Å². The zero-order valence-electron chi connectivity index (χ0n) is 7.60. The van der Waals surface area contributed by atoms with Gasteiger partial charge < -0.3 is 5.11 Å². The molecule has 0 aliphatic carbocycles. The first-order valence-corrected chi connectivity index (χ1v) is 4.28. The molecular weight excluding hydrogens is 182 g/mol. The van der Waals surface area contributed by atoms with Gasteiger partial charge in [0.1, 0.15) is 0 Å². The number of fused-ring (bicyclic) bond motifs is 1. The fraction of sp³-hybridized carbons (Fsp3) is 0.200. The first kappa shape index (κ1) is 8.74. The maximum Gasteiger partial charge on any atom is 0.414 e. The number of carbonyl (C=O) groups excluding carboxylic acids is 1. The smallest absolute Gasteiger partial charge is 0.414 e. The van der Waals surface area contributed by atoms with Crippen molar-refractivity contribution in [3.8, 4) is 0 Å². The van der Waals surface area contributed by atoms with E-state index in [2.05, 4.69) is 0 Å². The minimum atomic E-state index is -1.20. The molecule has 1 atom stereocenters. The van der Waals surface area contributed by atoms with Crippen molar-refractivity contribution >= 4 is 12.0 Å². The van der Waals surface area contributed by atoms with Gasteiger partial charge in [0.05, 0.1) is 6.04 Å². The van der Waals surface area contributed by atoms with Gasteiger partial charge in [0.2, 0.25) is 0 Å². The van der Waals surface area contributed by atoms with E-state index in [1.54, 1.807) is 31.2 Å². The van der Waals surface area contributed by atoms with Gasteiger partial charge in [-0.2, -0.15) is 0 Å². The molecule has 1 aromatic rings. The molecule has 0 aromatic heterocycles. The van der Waals surface area contributed by atoms with Gasteiger partial charge in [0, 0.05) is 5.56 Å². The SMILES string of the molecule is CC1c2ccccc2C(=O)N1C(=O)O. The average molecular weight is 191 g/mol. The van der Waals surface area contributed by atoms with E-state index in [0.29, 0.717) is 5.56 Å². The molecule has 0 radical (unpaired) electrons. The first-order chi connectivity index (χ1) is 6.63. The number of carboxylic acid groups (broad SMARTS) is 1. The molecule has 1 N–H and O–H groups in total. The summed E-state index contributed by atoms with van der Waals surface area (Å²) >= 11 is 0. The van der Waals surface area contributed by atoms with E-state index < -0.39 is 12.0 Å².